The Morgan fingerprint density at radius 2 is 1.23 bits per heavy atom. The van der Waals surface area contributed by atoms with E-state index in [1.54, 1.807) is 62.4 Å². The number of nitrogens with one attached hydrogen (secondary N) is 1. The molecule has 2 atom stereocenters. The fourth-order valence-electron chi connectivity index (χ4n) is 2.76. The molecule has 0 aliphatic rings. The van der Waals surface area contributed by atoms with Crippen molar-refractivity contribution >= 4 is 17.7 Å². The molecular weight excluding hydrogens is 386 g/mol. The van der Waals surface area contributed by atoms with Crippen LogP contribution in [0.2, 0.25) is 0 Å². The first kappa shape index (κ1) is 22.9. The molecule has 0 heterocycles. The number of methoxy groups -OCH3 is 2. The maximum absolute atomic E-state index is 12.7. The Kier molecular flexibility index (Phi) is 7.98. The predicted octanol–water partition coefficient (Wildman–Crippen LogP) is 3.27. The quantitative estimate of drug-likeness (QED) is 0.501. The number of carbonyl (C=O) groups excluding carboxylic acids is 3. The number of esters is 1. The number of benzene rings is 2. The minimum absolute atomic E-state index is 0.233. The molecule has 160 valence electrons. The molecule has 0 aromatic heterocycles. The molecule has 0 spiro atoms. The first-order chi connectivity index (χ1) is 14.3. The summed E-state index contributed by atoms with van der Waals surface area (Å²) in [5.74, 6) is -0.406. The van der Waals surface area contributed by atoms with E-state index < -0.39 is 24.0 Å². The summed E-state index contributed by atoms with van der Waals surface area (Å²) in [6.07, 6.45) is -0.995. The van der Waals surface area contributed by atoms with Gasteiger partial charge in [0.1, 0.15) is 17.5 Å². The number of ether oxygens (including phenoxy) is 3. The van der Waals surface area contributed by atoms with Crippen molar-refractivity contribution < 1.29 is 28.6 Å². The number of rotatable bonds is 9. The van der Waals surface area contributed by atoms with Crippen LogP contribution in [0.15, 0.2) is 48.5 Å². The lowest BCUT2D eigenvalue weighted by Gasteiger charge is -2.23. The van der Waals surface area contributed by atoms with Gasteiger partial charge in [0.05, 0.1) is 14.2 Å². The molecule has 7 nitrogen and oxygen atoms in total. The van der Waals surface area contributed by atoms with Crippen LogP contribution in [0.3, 0.4) is 0 Å². The summed E-state index contributed by atoms with van der Waals surface area (Å²) < 4.78 is 15.5. The lowest BCUT2D eigenvalue weighted by Crippen LogP contribution is -2.46. The molecular formula is C23H27NO6. The number of hydrogen-bond acceptors (Lipinski definition) is 6. The van der Waals surface area contributed by atoms with Crippen molar-refractivity contribution in [3.05, 3.63) is 59.7 Å². The van der Waals surface area contributed by atoms with Crippen LogP contribution in [0.4, 0.5) is 0 Å². The summed E-state index contributed by atoms with van der Waals surface area (Å²) in [6.45, 7) is 5.08. The van der Waals surface area contributed by atoms with E-state index in [1.165, 1.54) is 21.1 Å². The Bertz CT molecular complexity index is 874. The van der Waals surface area contributed by atoms with Crippen LogP contribution in [0.5, 0.6) is 11.5 Å². The van der Waals surface area contributed by atoms with Crippen molar-refractivity contribution in [2.75, 3.05) is 14.2 Å². The Labute approximate surface area is 176 Å². The van der Waals surface area contributed by atoms with Gasteiger partial charge in [0.2, 0.25) is 5.78 Å². The molecule has 1 N–H and O–H groups in total. The third-order valence-electron chi connectivity index (χ3n) is 4.60. The van der Waals surface area contributed by atoms with Crippen molar-refractivity contribution in [1.29, 1.82) is 0 Å². The van der Waals surface area contributed by atoms with E-state index in [1.807, 2.05) is 0 Å². The zero-order valence-corrected chi connectivity index (χ0v) is 17.8. The molecule has 0 saturated heterocycles. The van der Waals surface area contributed by atoms with Gasteiger partial charge in [0.25, 0.3) is 5.91 Å². The highest BCUT2D eigenvalue weighted by atomic mass is 16.5. The minimum atomic E-state index is -0.995. The van der Waals surface area contributed by atoms with Gasteiger partial charge in [0, 0.05) is 11.1 Å². The van der Waals surface area contributed by atoms with Crippen molar-refractivity contribution in [2.45, 2.75) is 32.9 Å². The average molecular weight is 413 g/mol. The summed E-state index contributed by atoms with van der Waals surface area (Å²) in [5, 5.41) is 2.69. The Morgan fingerprint density at radius 3 is 1.67 bits per heavy atom. The lowest BCUT2D eigenvalue weighted by atomic mass is 10.0. The maximum atomic E-state index is 12.7. The fourth-order valence-corrected chi connectivity index (χ4v) is 2.76. The molecule has 0 aliphatic carbocycles. The highest BCUT2D eigenvalue weighted by Crippen LogP contribution is 2.16. The second kappa shape index (κ2) is 10.4. The van der Waals surface area contributed by atoms with Gasteiger partial charge in [-0.1, -0.05) is 13.8 Å². The van der Waals surface area contributed by atoms with Gasteiger partial charge in [-0.15, -0.1) is 0 Å². The Morgan fingerprint density at radius 1 is 0.767 bits per heavy atom. The van der Waals surface area contributed by atoms with Crippen LogP contribution < -0.4 is 14.8 Å². The fraction of sp³-hybridized carbons (Fsp3) is 0.348. The van der Waals surface area contributed by atoms with Gasteiger partial charge >= 0.3 is 5.97 Å². The minimum Gasteiger partial charge on any atom is -0.497 e. The van der Waals surface area contributed by atoms with E-state index in [9.17, 15) is 14.4 Å². The number of hydrogen-bond donors (Lipinski definition) is 1. The van der Waals surface area contributed by atoms with Crippen LogP contribution in [0.1, 0.15) is 41.5 Å². The highest BCUT2D eigenvalue weighted by molar-refractivity contribution is 6.01. The third kappa shape index (κ3) is 5.83. The van der Waals surface area contributed by atoms with Gasteiger partial charge in [-0.25, -0.2) is 4.79 Å². The molecule has 0 aliphatic heterocycles. The van der Waals surface area contributed by atoms with E-state index >= 15 is 0 Å². The van der Waals surface area contributed by atoms with Crippen LogP contribution in [-0.2, 0) is 9.53 Å². The first-order valence-electron chi connectivity index (χ1n) is 9.60. The largest absolute Gasteiger partial charge is 0.497 e. The van der Waals surface area contributed by atoms with E-state index in [-0.39, 0.29) is 11.7 Å². The van der Waals surface area contributed by atoms with E-state index in [0.717, 1.165) is 0 Å². The molecule has 2 aromatic carbocycles. The summed E-state index contributed by atoms with van der Waals surface area (Å²) in [4.78, 5) is 37.8. The van der Waals surface area contributed by atoms with Gasteiger partial charge in [-0.2, -0.15) is 0 Å². The normalized spacial score (nSPS) is 12.6. The highest BCUT2D eigenvalue weighted by Gasteiger charge is 2.29. The number of carbonyl (C=O) groups is 3. The van der Waals surface area contributed by atoms with Crippen molar-refractivity contribution in [1.82, 2.24) is 5.32 Å². The van der Waals surface area contributed by atoms with E-state index in [2.05, 4.69) is 5.32 Å². The molecule has 0 radical (unpaired) electrons. The van der Waals surface area contributed by atoms with Gasteiger partial charge in [0.15, 0.2) is 6.10 Å². The average Bonchev–Trinajstić information content (AvgIpc) is 2.76. The SMILES string of the molecule is COc1ccc(C(=O)N[C@H](C(=O)O[C@@H](C)C(=O)c2ccc(OC)cc2)C(C)C)cc1. The second-order valence-electron chi connectivity index (χ2n) is 7.10. The van der Waals surface area contributed by atoms with Gasteiger partial charge in [-0.3, -0.25) is 9.59 Å². The van der Waals surface area contributed by atoms with Crippen LogP contribution in [0, 0.1) is 5.92 Å². The Balaban J connectivity index is 2.04. The van der Waals surface area contributed by atoms with Gasteiger partial charge in [-0.05, 0) is 61.4 Å². The summed E-state index contributed by atoms with van der Waals surface area (Å²) >= 11 is 0. The number of ketones is 1. The van der Waals surface area contributed by atoms with Crippen molar-refractivity contribution in [2.24, 2.45) is 5.92 Å². The smallest absolute Gasteiger partial charge is 0.329 e. The van der Waals surface area contributed by atoms with Crippen LogP contribution in [0.25, 0.3) is 0 Å². The molecule has 0 unspecified atom stereocenters. The molecule has 1 amide bonds. The van der Waals surface area contributed by atoms with Crippen LogP contribution in [-0.4, -0.2) is 44.0 Å². The predicted molar refractivity (Wildman–Crippen MR) is 112 cm³/mol. The lowest BCUT2D eigenvalue weighted by molar-refractivity contribution is -0.149. The first-order valence-corrected chi connectivity index (χ1v) is 9.60. The zero-order valence-electron chi connectivity index (χ0n) is 17.8. The zero-order chi connectivity index (χ0) is 22.3. The monoisotopic (exact) mass is 413 g/mol. The summed E-state index contributed by atoms with van der Waals surface area (Å²) in [5.41, 5.74) is 0.788. The van der Waals surface area contributed by atoms with Gasteiger partial charge < -0.3 is 19.5 Å². The molecule has 0 saturated carbocycles. The summed E-state index contributed by atoms with van der Waals surface area (Å²) in [6, 6.07) is 12.2. The molecule has 2 aromatic rings. The Hall–Kier alpha value is -3.35. The third-order valence-corrected chi connectivity index (χ3v) is 4.60. The number of amides is 1. The van der Waals surface area contributed by atoms with E-state index in [4.69, 9.17) is 14.2 Å². The second-order valence-corrected chi connectivity index (χ2v) is 7.10. The van der Waals surface area contributed by atoms with Crippen LogP contribution >= 0.6 is 0 Å². The number of Topliss-reactive ketones (excluding diaryl/α,β-unsaturated/α-hetero) is 1. The standard InChI is InChI=1S/C23H27NO6/c1-14(2)20(24-22(26)17-8-12-19(29-5)13-9-17)23(27)30-15(3)21(25)16-6-10-18(28-4)11-7-16/h6-15,20H,1-5H3,(H,24,26)/t15-,20-/m0/s1. The topological polar surface area (TPSA) is 90.9 Å². The molecule has 0 bridgehead atoms. The molecule has 30 heavy (non-hydrogen) atoms. The van der Waals surface area contributed by atoms with Crippen molar-refractivity contribution in [3.63, 3.8) is 0 Å². The molecule has 0 fully saturated rings. The van der Waals surface area contributed by atoms with Crippen molar-refractivity contribution in [3.8, 4) is 11.5 Å². The summed E-state index contributed by atoms with van der Waals surface area (Å²) in [7, 11) is 3.07. The maximum Gasteiger partial charge on any atom is 0.329 e. The van der Waals surface area contributed by atoms with E-state index in [0.29, 0.717) is 22.6 Å². The molecule has 7 heteroatoms. The molecule has 2 rings (SSSR count).